The molecule has 3 aromatic rings. The second kappa shape index (κ2) is 4.50. The van der Waals surface area contributed by atoms with Gasteiger partial charge in [-0.3, -0.25) is 0 Å². The molecule has 0 saturated carbocycles. The SMILES string of the molecule is BrCCc1ccc2c(ccc3ccccc32)c1. The quantitative estimate of drug-likeness (QED) is 0.462. The summed E-state index contributed by atoms with van der Waals surface area (Å²) in [5.74, 6) is 0. The third kappa shape index (κ3) is 1.96. The van der Waals surface area contributed by atoms with Gasteiger partial charge in [-0.15, -0.1) is 0 Å². The predicted octanol–water partition coefficient (Wildman–Crippen LogP) is 4.93. The Morgan fingerprint density at radius 3 is 2.41 bits per heavy atom. The average Bonchev–Trinajstić information content (AvgIpc) is 2.39. The monoisotopic (exact) mass is 284 g/mol. The van der Waals surface area contributed by atoms with Gasteiger partial charge in [-0.05, 0) is 33.5 Å². The number of hydrogen-bond acceptors (Lipinski definition) is 0. The summed E-state index contributed by atoms with van der Waals surface area (Å²) in [5, 5.41) is 6.36. The van der Waals surface area contributed by atoms with Crippen molar-refractivity contribution in [3.63, 3.8) is 0 Å². The van der Waals surface area contributed by atoms with E-state index < -0.39 is 0 Å². The van der Waals surface area contributed by atoms with Crippen LogP contribution in [0.5, 0.6) is 0 Å². The van der Waals surface area contributed by atoms with Gasteiger partial charge in [0.2, 0.25) is 0 Å². The van der Waals surface area contributed by atoms with Gasteiger partial charge in [0.15, 0.2) is 0 Å². The van der Waals surface area contributed by atoms with Crippen LogP contribution in [0.4, 0.5) is 0 Å². The van der Waals surface area contributed by atoms with Gasteiger partial charge in [-0.1, -0.05) is 70.5 Å². The first-order valence-corrected chi connectivity index (χ1v) is 6.97. The van der Waals surface area contributed by atoms with E-state index in [9.17, 15) is 0 Å². The van der Waals surface area contributed by atoms with Crippen molar-refractivity contribution in [1.82, 2.24) is 0 Å². The van der Waals surface area contributed by atoms with Crippen LogP contribution in [0.2, 0.25) is 0 Å². The fourth-order valence-corrected chi connectivity index (χ4v) is 2.79. The van der Waals surface area contributed by atoms with Crippen molar-refractivity contribution >= 4 is 37.5 Å². The lowest BCUT2D eigenvalue weighted by atomic mass is 10.00. The zero-order chi connectivity index (χ0) is 11.7. The molecule has 1 heteroatoms. The molecule has 0 unspecified atom stereocenters. The molecule has 0 aliphatic carbocycles. The molecule has 0 saturated heterocycles. The van der Waals surface area contributed by atoms with Gasteiger partial charge in [0.25, 0.3) is 0 Å². The van der Waals surface area contributed by atoms with Crippen LogP contribution >= 0.6 is 15.9 Å². The smallest absolute Gasteiger partial charge is 0.00718 e. The summed E-state index contributed by atoms with van der Waals surface area (Å²) < 4.78 is 0. The summed E-state index contributed by atoms with van der Waals surface area (Å²) in [6.45, 7) is 0. The molecule has 0 nitrogen and oxygen atoms in total. The second-order valence-corrected chi connectivity index (χ2v) is 5.07. The van der Waals surface area contributed by atoms with E-state index in [4.69, 9.17) is 0 Å². The standard InChI is InChI=1S/C16H13Br/c17-10-9-12-5-8-16-14(11-12)7-6-13-3-1-2-4-15(13)16/h1-8,11H,9-10H2. The van der Waals surface area contributed by atoms with E-state index in [-0.39, 0.29) is 0 Å². The van der Waals surface area contributed by atoms with Gasteiger partial charge in [0.05, 0.1) is 0 Å². The van der Waals surface area contributed by atoms with E-state index in [1.54, 1.807) is 0 Å². The Balaban J connectivity index is 2.29. The Morgan fingerprint density at radius 1 is 0.765 bits per heavy atom. The van der Waals surface area contributed by atoms with Crippen molar-refractivity contribution in [3.8, 4) is 0 Å². The van der Waals surface area contributed by atoms with Crippen molar-refractivity contribution in [2.24, 2.45) is 0 Å². The zero-order valence-corrected chi connectivity index (χ0v) is 11.1. The summed E-state index contributed by atoms with van der Waals surface area (Å²) in [6, 6.07) is 19.8. The third-order valence-corrected chi connectivity index (χ3v) is 3.59. The molecular weight excluding hydrogens is 272 g/mol. The molecule has 0 aromatic heterocycles. The zero-order valence-electron chi connectivity index (χ0n) is 9.49. The first-order chi connectivity index (χ1) is 8.38. The van der Waals surface area contributed by atoms with Crippen LogP contribution in [0.15, 0.2) is 54.6 Å². The molecular formula is C16H13Br. The van der Waals surface area contributed by atoms with E-state index in [2.05, 4.69) is 70.5 Å². The van der Waals surface area contributed by atoms with E-state index >= 15 is 0 Å². The molecule has 0 aliphatic heterocycles. The number of halogens is 1. The van der Waals surface area contributed by atoms with Crippen molar-refractivity contribution in [2.75, 3.05) is 5.33 Å². The van der Waals surface area contributed by atoms with Crippen LogP contribution < -0.4 is 0 Å². The summed E-state index contributed by atoms with van der Waals surface area (Å²) in [7, 11) is 0. The van der Waals surface area contributed by atoms with Gasteiger partial charge in [-0.2, -0.15) is 0 Å². The number of benzene rings is 3. The van der Waals surface area contributed by atoms with Gasteiger partial charge < -0.3 is 0 Å². The molecule has 0 amide bonds. The lowest BCUT2D eigenvalue weighted by Gasteiger charge is -2.05. The third-order valence-electron chi connectivity index (χ3n) is 3.19. The molecule has 0 atom stereocenters. The van der Waals surface area contributed by atoms with Crippen molar-refractivity contribution in [3.05, 3.63) is 60.2 Å². The molecule has 0 radical (unpaired) electrons. The van der Waals surface area contributed by atoms with E-state index in [1.165, 1.54) is 27.1 Å². The largest absolute Gasteiger partial charge is 0.0924 e. The van der Waals surface area contributed by atoms with Crippen molar-refractivity contribution in [1.29, 1.82) is 0 Å². The van der Waals surface area contributed by atoms with Crippen LogP contribution in [-0.4, -0.2) is 5.33 Å². The molecule has 0 heterocycles. The molecule has 0 N–H and O–H groups in total. The van der Waals surface area contributed by atoms with E-state index in [1.807, 2.05) is 0 Å². The Bertz CT molecular complexity index is 670. The van der Waals surface area contributed by atoms with Crippen molar-refractivity contribution in [2.45, 2.75) is 6.42 Å². The molecule has 0 fully saturated rings. The fraction of sp³-hybridized carbons (Fsp3) is 0.125. The first-order valence-electron chi connectivity index (χ1n) is 5.85. The maximum Gasteiger partial charge on any atom is 0.00718 e. The van der Waals surface area contributed by atoms with E-state index in [0.717, 1.165) is 11.8 Å². The summed E-state index contributed by atoms with van der Waals surface area (Å²) in [4.78, 5) is 0. The predicted molar refractivity (Wildman–Crippen MR) is 79.0 cm³/mol. The molecule has 84 valence electrons. The number of hydrogen-bond donors (Lipinski definition) is 0. The Kier molecular flexibility index (Phi) is 2.86. The number of alkyl halides is 1. The maximum absolute atomic E-state index is 3.49. The van der Waals surface area contributed by atoms with Crippen LogP contribution in [-0.2, 0) is 6.42 Å². The normalized spacial score (nSPS) is 11.1. The highest BCUT2D eigenvalue weighted by Gasteiger charge is 2.00. The van der Waals surface area contributed by atoms with Crippen LogP contribution in [0.3, 0.4) is 0 Å². The maximum atomic E-state index is 3.49. The minimum atomic E-state index is 1.02. The lowest BCUT2D eigenvalue weighted by molar-refractivity contribution is 1.18. The summed E-state index contributed by atoms with van der Waals surface area (Å²) in [5.41, 5.74) is 1.39. The minimum Gasteiger partial charge on any atom is -0.0924 e. The van der Waals surface area contributed by atoms with Crippen LogP contribution in [0.25, 0.3) is 21.5 Å². The highest BCUT2D eigenvalue weighted by atomic mass is 79.9. The molecule has 17 heavy (non-hydrogen) atoms. The van der Waals surface area contributed by atoms with Crippen molar-refractivity contribution < 1.29 is 0 Å². The van der Waals surface area contributed by atoms with E-state index in [0.29, 0.717) is 0 Å². The lowest BCUT2D eigenvalue weighted by Crippen LogP contribution is -1.86. The minimum absolute atomic E-state index is 1.02. The molecule has 0 spiro atoms. The van der Waals surface area contributed by atoms with Gasteiger partial charge in [0, 0.05) is 5.33 Å². The van der Waals surface area contributed by atoms with Crippen LogP contribution in [0.1, 0.15) is 5.56 Å². The average molecular weight is 285 g/mol. The molecule has 3 aromatic carbocycles. The van der Waals surface area contributed by atoms with Gasteiger partial charge in [0.1, 0.15) is 0 Å². The molecule has 0 aliphatic rings. The molecule has 3 rings (SSSR count). The first kappa shape index (κ1) is 10.8. The Labute approximate surface area is 109 Å². The topological polar surface area (TPSA) is 0 Å². The summed E-state index contributed by atoms with van der Waals surface area (Å²) >= 11 is 3.49. The highest BCUT2D eigenvalue weighted by molar-refractivity contribution is 9.09. The van der Waals surface area contributed by atoms with Gasteiger partial charge >= 0.3 is 0 Å². The Hall–Kier alpha value is -1.34. The second-order valence-electron chi connectivity index (χ2n) is 4.28. The number of rotatable bonds is 2. The highest BCUT2D eigenvalue weighted by Crippen LogP contribution is 2.26. The fourth-order valence-electron chi connectivity index (χ4n) is 2.33. The number of aryl methyl sites for hydroxylation is 1. The molecule has 0 bridgehead atoms. The number of fused-ring (bicyclic) bond motifs is 3. The van der Waals surface area contributed by atoms with Gasteiger partial charge in [-0.25, -0.2) is 0 Å². The van der Waals surface area contributed by atoms with Crippen LogP contribution in [0, 0.1) is 0 Å². The summed E-state index contributed by atoms with van der Waals surface area (Å²) in [6.07, 6.45) is 1.09. The Morgan fingerprint density at radius 2 is 1.53 bits per heavy atom.